The van der Waals surface area contributed by atoms with Gasteiger partial charge in [-0.25, -0.2) is 0 Å². The number of halogens is 1. The van der Waals surface area contributed by atoms with E-state index in [0.29, 0.717) is 23.9 Å². The van der Waals surface area contributed by atoms with E-state index in [2.05, 4.69) is 56.3 Å². The van der Waals surface area contributed by atoms with Gasteiger partial charge in [-0.1, -0.05) is 50.2 Å². The molecule has 3 aliphatic carbocycles. The molecule has 0 unspecified atom stereocenters. The van der Waals surface area contributed by atoms with E-state index < -0.39 is 0 Å². The highest BCUT2D eigenvalue weighted by Gasteiger charge is 2.54. The molecule has 0 aliphatic heterocycles. The summed E-state index contributed by atoms with van der Waals surface area (Å²) in [6.45, 7) is 5.23. The summed E-state index contributed by atoms with van der Waals surface area (Å²) < 4.78 is 19.5. The molecule has 0 amide bonds. The van der Waals surface area contributed by atoms with Crippen LogP contribution in [0.2, 0.25) is 0 Å². The lowest BCUT2D eigenvalue weighted by molar-refractivity contribution is 0.0240. The first-order chi connectivity index (χ1) is 15.1. The van der Waals surface area contributed by atoms with Crippen LogP contribution in [0.25, 0.3) is 0 Å². The van der Waals surface area contributed by atoms with Crippen molar-refractivity contribution in [1.29, 1.82) is 0 Å². The molecule has 2 saturated carbocycles. The zero-order valence-corrected chi connectivity index (χ0v) is 19.2. The van der Waals surface area contributed by atoms with Gasteiger partial charge in [0.25, 0.3) is 0 Å². The first-order valence-corrected chi connectivity index (χ1v) is 12.5. The van der Waals surface area contributed by atoms with E-state index in [4.69, 9.17) is 4.74 Å². The maximum Gasteiger partial charge on any atom is 0.123 e. The molecule has 2 fully saturated rings. The zero-order valence-electron chi connectivity index (χ0n) is 19.2. The Bertz CT molecular complexity index is 906. The van der Waals surface area contributed by atoms with Crippen LogP contribution in [-0.2, 0) is 19.4 Å². The van der Waals surface area contributed by atoms with Gasteiger partial charge in [-0.2, -0.15) is 0 Å². The summed E-state index contributed by atoms with van der Waals surface area (Å²) in [5.41, 5.74) is 6.07. The van der Waals surface area contributed by atoms with Gasteiger partial charge in [0.1, 0.15) is 12.4 Å². The first-order valence-electron chi connectivity index (χ1n) is 12.5. The van der Waals surface area contributed by atoms with Crippen LogP contribution in [0.15, 0.2) is 42.5 Å². The van der Waals surface area contributed by atoms with Crippen molar-refractivity contribution in [3.63, 3.8) is 0 Å². The second-order valence-electron chi connectivity index (χ2n) is 10.5. The summed E-state index contributed by atoms with van der Waals surface area (Å²) >= 11 is 0. The summed E-state index contributed by atoms with van der Waals surface area (Å²) in [7, 11) is 0. The van der Waals surface area contributed by atoms with Crippen LogP contribution in [-0.4, -0.2) is 6.67 Å². The van der Waals surface area contributed by atoms with Gasteiger partial charge in [-0.05, 0) is 109 Å². The lowest BCUT2D eigenvalue weighted by atomic mass is 9.54. The minimum atomic E-state index is -0.143. The van der Waals surface area contributed by atoms with Crippen LogP contribution in [0.1, 0.15) is 80.5 Å². The summed E-state index contributed by atoms with van der Waals surface area (Å²) in [6, 6.07) is 15.3. The molecule has 5 rings (SSSR count). The fourth-order valence-corrected chi connectivity index (χ4v) is 7.51. The molecule has 0 spiro atoms. The van der Waals surface area contributed by atoms with Gasteiger partial charge in [0, 0.05) is 0 Å². The largest absolute Gasteiger partial charge is 0.489 e. The summed E-state index contributed by atoms with van der Waals surface area (Å²) in [5.74, 6) is 3.95. The lowest BCUT2D eigenvalue weighted by Crippen LogP contribution is -2.42. The van der Waals surface area contributed by atoms with Crippen molar-refractivity contribution >= 4 is 0 Å². The van der Waals surface area contributed by atoms with Gasteiger partial charge in [0.05, 0.1) is 6.67 Å². The SMILES string of the molecule is CCc1cc2c(cc1OCc1ccccc1)CC[C@@H]1[C@@H]2CC[C@]2(C)[C@@H](CCF)CC[C@@H]12. The van der Waals surface area contributed by atoms with Crippen LogP contribution in [0, 0.1) is 23.2 Å². The van der Waals surface area contributed by atoms with E-state index in [-0.39, 0.29) is 6.67 Å². The fourth-order valence-electron chi connectivity index (χ4n) is 7.51. The van der Waals surface area contributed by atoms with Crippen LogP contribution in [0.4, 0.5) is 4.39 Å². The molecule has 0 heterocycles. The highest BCUT2D eigenvalue weighted by Crippen LogP contribution is 2.63. The summed E-state index contributed by atoms with van der Waals surface area (Å²) in [6.07, 6.45) is 9.37. The predicted molar refractivity (Wildman–Crippen MR) is 125 cm³/mol. The van der Waals surface area contributed by atoms with Crippen molar-refractivity contribution in [3.05, 3.63) is 64.7 Å². The van der Waals surface area contributed by atoms with E-state index in [1.54, 1.807) is 5.56 Å². The molecule has 1 nitrogen and oxygen atoms in total. The highest BCUT2D eigenvalue weighted by atomic mass is 19.1. The first kappa shape index (κ1) is 21.0. The second kappa shape index (κ2) is 8.60. The molecule has 0 bridgehead atoms. The van der Waals surface area contributed by atoms with Crippen LogP contribution in [0.5, 0.6) is 5.75 Å². The van der Waals surface area contributed by atoms with E-state index in [9.17, 15) is 4.39 Å². The predicted octanol–water partition coefficient (Wildman–Crippen LogP) is 7.66. The number of rotatable bonds is 6. The molecule has 31 heavy (non-hydrogen) atoms. The van der Waals surface area contributed by atoms with Crippen molar-refractivity contribution in [3.8, 4) is 5.75 Å². The Balaban J connectivity index is 1.39. The fraction of sp³-hybridized carbons (Fsp3) is 0.586. The van der Waals surface area contributed by atoms with Crippen molar-refractivity contribution in [2.45, 2.75) is 77.7 Å². The molecule has 2 aromatic rings. The molecule has 2 heteroatoms. The van der Waals surface area contributed by atoms with Crippen molar-refractivity contribution in [2.24, 2.45) is 23.2 Å². The number of benzene rings is 2. The maximum atomic E-state index is 13.2. The number of fused-ring (bicyclic) bond motifs is 5. The van der Waals surface area contributed by atoms with Gasteiger partial charge < -0.3 is 4.74 Å². The van der Waals surface area contributed by atoms with E-state index in [1.807, 2.05) is 0 Å². The summed E-state index contributed by atoms with van der Waals surface area (Å²) in [4.78, 5) is 0. The van der Waals surface area contributed by atoms with E-state index >= 15 is 0 Å². The Morgan fingerprint density at radius 1 is 1.06 bits per heavy atom. The number of hydrogen-bond donors (Lipinski definition) is 0. The lowest BCUT2D eigenvalue weighted by Gasteiger charge is -2.51. The average Bonchev–Trinajstić information content (AvgIpc) is 3.14. The van der Waals surface area contributed by atoms with Gasteiger partial charge in [-0.15, -0.1) is 0 Å². The Labute approximate surface area is 187 Å². The summed E-state index contributed by atoms with van der Waals surface area (Å²) in [5, 5.41) is 0. The third kappa shape index (κ3) is 3.70. The number of alkyl halides is 1. The molecule has 0 radical (unpaired) electrons. The van der Waals surface area contributed by atoms with E-state index in [0.717, 1.165) is 30.4 Å². The standard InChI is InChI=1S/C29H37FO/c1-3-21-17-26-22(18-28(21)31-19-20-7-5-4-6-8-20)9-11-25-24(26)13-15-29(2)23(14-16-30)10-12-27(25)29/h4-8,17-18,23-25,27H,3,9-16,19H2,1-2H3/t23-,24+,25-,27+,29-/m1/s1. The smallest absolute Gasteiger partial charge is 0.123 e. The zero-order chi connectivity index (χ0) is 21.4. The average molecular weight is 421 g/mol. The van der Waals surface area contributed by atoms with Gasteiger partial charge in [0.2, 0.25) is 0 Å². The van der Waals surface area contributed by atoms with Crippen molar-refractivity contribution < 1.29 is 9.13 Å². The van der Waals surface area contributed by atoms with Crippen molar-refractivity contribution in [1.82, 2.24) is 0 Å². The van der Waals surface area contributed by atoms with E-state index in [1.165, 1.54) is 55.2 Å². The van der Waals surface area contributed by atoms with Gasteiger partial charge in [-0.3, -0.25) is 4.39 Å². The maximum absolute atomic E-state index is 13.2. The van der Waals surface area contributed by atoms with Gasteiger partial charge >= 0.3 is 0 Å². The van der Waals surface area contributed by atoms with Gasteiger partial charge in [0.15, 0.2) is 0 Å². The third-order valence-electron chi connectivity index (χ3n) is 9.18. The molecule has 5 atom stereocenters. The molecule has 2 aromatic carbocycles. The number of aryl methyl sites for hydroxylation is 2. The number of ether oxygens (including phenoxy) is 1. The minimum absolute atomic E-state index is 0.143. The van der Waals surface area contributed by atoms with Crippen LogP contribution in [0.3, 0.4) is 0 Å². The third-order valence-corrected chi connectivity index (χ3v) is 9.18. The normalized spacial score (nSPS) is 31.6. The highest BCUT2D eigenvalue weighted by molar-refractivity contribution is 5.46. The second-order valence-corrected chi connectivity index (χ2v) is 10.5. The molecule has 3 aliphatic rings. The molecule has 0 saturated heterocycles. The minimum Gasteiger partial charge on any atom is -0.489 e. The Hall–Kier alpha value is -1.83. The molecule has 0 aromatic heterocycles. The molecular formula is C29H37FO. The Morgan fingerprint density at radius 3 is 2.68 bits per heavy atom. The molecule has 0 N–H and O–H groups in total. The monoisotopic (exact) mass is 420 g/mol. The number of hydrogen-bond acceptors (Lipinski definition) is 1. The Kier molecular flexibility index (Phi) is 5.84. The Morgan fingerprint density at radius 2 is 1.90 bits per heavy atom. The van der Waals surface area contributed by atoms with Crippen molar-refractivity contribution in [2.75, 3.05) is 6.67 Å². The quantitative estimate of drug-likeness (QED) is 0.466. The van der Waals surface area contributed by atoms with Crippen LogP contribution >= 0.6 is 0 Å². The van der Waals surface area contributed by atoms with Crippen LogP contribution < -0.4 is 4.74 Å². The molecular weight excluding hydrogens is 383 g/mol. The molecule has 166 valence electrons. The topological polar surface area (TPSA) is 9.23 Å².